The molecule has 1 N–H and O–H groups in total. The van der Waals surface area contributed by atoms with Gasteiger partial charge in [0.15, 0.2) is 17.9 Å². The monoisotopic (exact) mass is 543 g/mol. The normalized spacial score (nSPS) is 30.8. The Bertz CT molecular complexity index is 1140. The number of nitrogens with zero attached hydrogens (tertiary/aromatic N) is 1. The fourth-order valence-corrected chi connectivity index (χ4v) is 5.55. The van der Waals surface area contributed by atoms with Crippen molar-refractivity contribution < 1.29 is 43.2 Å². The number of hydrogen-bond donors (Lipinski definition) is 1. The second kappa shape index (κ2) is 10.9. The van der Waals surface area contributed by atoms with E-state index in [-0.39, 0.29) is 19.6 Å². The van der Waals surface area contributed by atoms with E-state index in [2.05, 4.69) is 5.92 Å². The molecule has 3 heterocycles. The molecule has 3 aliphatic rings. The second-order valence-corrected chi connectivity index (χ2v) is 10.9. The van der Waals surface area contributed by atoms with Crippen LogP contribution < -0.4 is 4.90 Å². The highest BCUT2D eigenvalue weighted by atomic mass is 16.8. The van der Waals surface area contributed by atoms with E-state index in [0.29, 0.717) is 18.5 Å². The highest BCUT2D eigenvalue weighted by molar-refractivity contribution is 6.06. The minimum atomic E-state index is -1.94. The summed E-state index contributed by atoms with van der Waals surface area (Å²) in [6.07, 6.45) is 5.21. The van der Waals surface area contributed by atoms with Crippen molar-refractivity contribution in [2.45, 2.75) is 89.8 Å². The number of fused-ring (bicyclic) bond motifs is 1. The van der Waals surface area contributed by atoms with Crippen molar-refractivity contribution in [2.24, 2.45) is 5.41 Å². The summed E-state index contributed by atoms with van der Waals surface area (Å²) in [5.41, 5.74) is -1.47. The number of esters is 1. The zero-order chi connectivity index (χ0) is 28.6. The average molecular weight is 544 g/mol. The molecule has 3 saturated heterocycles. The third-order valence-electron chi connectivity index (χ3n) is 7.84. The molecule has 0 amide bonds. The molecule has 4 rings (SSSR count). The molecule has 0 aliphatic carbocycles. The summed E-state index contributed by atoms with van der Waals surface area (Å²) in [5, 5.41) is 9.52. The largest absolute Gasteiger partial charge is 0.480 e. The van der Waals surface area contributed by atoms with Gasteiger partial charge in [-0.05, 0) is 65.2 Å². The quantitative estimate of drug-likeness (QED) is 0.268. The van der Waals surface area contributed by atoms with Crippen LogP contribution >= 0.6 is 0 Å². The van der Waals surface area contributed by atoms with Gasteiger partial charge >= 0.3 is 11.9 Å². The Morgan fingerprint density at radius 3 is 2.49 bits per heavy atom. The number of carbonyl (C=O) groups excluding carboxylic acids is 2. The van der Waals surface area contributed by atoms with Crippen LogP contribution in [0.15, 0.2) is 24.3 Å². The molecule has 6 atom stereocenters. The van der Waals surface area contributed by atoms with Gasteiger partial charge in [0.25, 0.3) is 0 Å². The summed E-state index contributed by atoms with van der Waals surface area (Å²) in [6.45, 7) is 8.81. The molecule has 10 heteroatoms. The maximum Gasteiger partial charge on any atom is 0.346 e. The summed E-state index contributed by atoms with van der Waals surface area (Å²) in [5.74, 6) is -0.295. The van der Waals surface area contributed by atoms with Crippen LogP contribution in [0.25, 0.3) is 0 Å². The van der Waals surface area contributed by atoms with E-state index in [0.717, 1.165) is 12.1 Å². The van der Waals surface area contributed by atoms with Crippen LogP contribution in [0.1, 0.15) is 53.0 Å². The van der Waals surface area contributed by atoms with Gasteiger partial charge in [0.1, 0.15) is 18.2 Å². The van der Waals surface area contributed by atoms with Crippen LogP contribution in [-0.4, -0.2) is 78.5 Å². The Morgan fingerprint density at radius 2 is 1.90 bits per heavy atom. The molecule has 0 saturated carbocycles. The SMILES string of the molecule is C#C[C@@]1(C)[C@@H](COC(Cc2ccc(N3CCC[C@H]3C(=O)O)cc2)(C(C)=O)C(=O)OCC)O[C@@H]2OC(C)(C)O[C@@H]21. The predicted octanol–water partition coefficient (Wildman–Crippen LogP) is 2.71. The van der Waals surface area contributed by atoms with Gasteiger partial charge in [-0.15, -0.1) is 6.42 Å². The first-order chi connectivity index (χ1) is 18.4. The minimum Gasteiger partial charge on any atom is -0.480 e. The molecule has 0 aromatic heterocycles. The number of carbonyl (C=O) groups is 3. The molecule has 1 unspecified atom stereocenters. The molecular weight excluding hydrogens is 506 g/mol. The van der Waals surface area contributed by atoms with Crippen molar-refractivity contribution in [3.63, 3.8) is 0 Å². The van der Waals surface area contributed by atoms with Gasteiger partial charge in [-0.25, -0.2) is 9.59 Å². The Kier molecular flexibility index (Phi) is 8.11. The van der Waals surface area contributed by atoms with Crippen LogP contribution in [0.4, 0.5) is 5.69 Å². The zero-order valence-corrected chi connectivity index (χ0v) is 23.1. The third-order valence-corrected chi connectivity index (χ3v) is 7.84. The standard InChI is InChI=1S/C29H37NO9/c1-7-28(6)22(37-25-23(28)38-27(4,5)39-25)17-36-29(18(3)31,26(34)35-8-2)16-19-11-13-20(14-12-19)30-15-9-10-21(30)24(32)33/h1,11-14,21-23,25H,8-10,15-17H2,2-6H3,(H,32,33)/t21-,22+,23-,25+,28-,29?/m0/s1. The molecule has 3 fully saturated rings. The minimum absolute atomic E-state index is 0.0601. The van der Waals surface area contributed by atoms with E-state index in [1.54, 1.807) is 52.0 Å². The maximum absolute atomic E-state index is 13.2. The number of ketones is 1. The average Bonchev–Trinajstić information content (AvgIpc) is 3.55. The number of rotatable bonds is 10. The van der Waals surface area contributed by atoms with Gasteiger partial charge in [0.2, 0.25) is 5.60 Å². The van der Waals surface area contributed by atoms with E-state index < -0.39 is 59.1 Å². The first-order valence-electron chi connectivity index (χ1n) is 13.3. The molecule has 39 heavy (non-hydrogen) atoms. The van der Waals surface area contributed by atoms with Crippen LogP contribution in [-0.2, 0) is 44.5 Å². The zero-order valence-electron chi connectivity index (χ0n) is 23.1. The van der Waals surface area contributed by atoms with Crippen molar-refractivity contribution in [1.29, 1.82) is 0 Å². The van der Waals surface area contributed by atoms with Gasteiger partial charge < -0.3 is 33.7 Å². The van der Waals surface area contributed by atoms with Crippen molar-refractivity contribution >= 4 is 23.4 Å². The summed E-state index contributed by atoms with van der Waals surface area (Å²) < 4.78 is 29.3. The fraction of sp³-hybridized carbons (Fsp3) is 0.621. The number of anilines is 1. The molecule has 212 valence electrons. The van der Waals surface area contributed by atoms with Crippen LogP contribution in [0, 0.1) is 17.8 Å². The van der Waals surface area contributed by atoms with Gasteiger partial charge in [0.05, 0.1) is 18.6 Å². The molecule has 1 aromatic rings. The molecule has 3 aliphatic heterocycles. The predicted molar refractivity (Wildman–Crippen MR) is 140 cm³/mol. The van der Waals surface area contributed by atoms with E-state index in [1.165, 1.54) is 6.92 Å². The number of benzene rings is 1. The number of ether oxygens (including phenoxy) is 5. The summed E-state index contributed by atoms with van der Waals surface area (Å²) in [7, 11) is 0. The number of carboxylic acids is 1. The van der Waals surface area contributed by atoms with E-state index in [4.69, 9.17) is 30.1 Å². The first kappa shape index (κ1) is 29.0. The first-order valence-corrected chi connectivity index (χ1v) is 13.3. The van der Waals surface area contributed by atoms with Gasteiger partial charge in [0, 0.05) is 18.7 Å². The lowest BCUT2D eigenvalue weighted by Gasteiger charge is -2.34. The summed E-state index contributed by atoms with van der Waals surface area (Å²) in [4.78, 5) is 39.8. The van der Waals surface area contributed by atoms with Crippen molar-refractivity contribution in [2.75, 3.05) is 24.7 Å². The van der Waals surface area contributed by atoms with Crippen LogP contribution in [0.5, 0.6) is 0 Å². The lowest BCUT2D eigenvalue weighted by atomic mass is 9.81. The molecule has 0 bridgehead atoms. The smallest absolute Gasteiger partial charge is 0.346 e. The van der Waals surface area contributed by atoms with Crippen LogP contribution in [0.3, 0.4) is 0 Å². The van der Waals surface area contributed by atoms with Crippen molar-refractivity contribution in [3.05, 3.63) is 29.8 Å². The van der Waals surface area contributed by atoms with E-state index in [9.17, 15) is 19.5 Å². The van der Waals surface area contributed by atoms with E-state index in [1.807, 2.05) is 4.90 Å². The van der Waals surface area contributed by atoms with Crippen molar-refractivity contribution in [1.82, 2.24) is 0 Å². The Balaban J connectivity index is 1.56. The molecular formula is C29H37NO9. The van der Waals surface area contributed by atoms with Gasteiger partial charge in [-0.1, -0.05) is 18.1 Å². The third kappa shape index (κ3) is 5.41. The lowest BCUT2D eigenvalue weighted by Crippen LogP contribution is -2.53. The summed E-state index contributed by atoms with van der Waals surface area (Å²) >= 11 is 0. The molecule has 1 aromatic carbocycles. The molecule has 0 spiro atoms. The fourth-order valence-electron chi connectivity index (χ4n) is 5.55. The number of carboxylic acid groups (broad SMARTS) is 1. The van der Waals surface area contributed by atoms with Crippen LogP contribution in [0.2, 0.25) is 0 Å². The number of Topliss-reactive ketones (excluding diaryl/α,β-unsaturated/α-hetero) is 1. The lowest BCUT2D eigenvalue weighted by molar-refractivity contribution is -0.224. The Hall–Kier alpha value is -2.97. The van der Waals surface area contributed by atoms with Gasteiger partial charge in [-0.2, -0.15) is 0 Å². The highest BCUT2D eigenvalue weighted by Gasteiger charge is 2.61. The van der Waals surface area contributed by atoms with Gasteiger partial charge in [-0.3, -0.25) is 4.79 Å². The second-order valence-electron chi connectivity index (χ2n) is 10.9. The highest BCUT2D eigenvalue weighted by Crippen LogP contribution is 2.48. The molecule has 10 nitrogen and oxygen atoms in total. The number of hydrogen-bond acceptors (Lipinski definition) is 9. The van der Waals surface area contributed by atoms with E-state index >= 15 is 0 Å². The summed E-state index contributed by atoms with van der Waals surface area (Å²) in [6, 6.07) is 6.53. The molecule has 0 radical (unpaired) electrons. The maximum atomic E-state index is 13.2. The number of aliphatic carboxylic acids is 1. The number of terminal acetylenes is 1. The Morgan fingerprint density at radius 1 is 1.21 bits per heavy atom. The topological polar surface area (TPSA) is 121 Å². The Labute approximate surface area is 228 Å². The van der Waals surface area contributed by atoms with Crippen molar-refractivity contribution in [3.8, 4) is 12.3 Å².